The first-order valence-electron chi connectivity index (χ1n) is 31.6. The van der Waals surface area contributed by atoms with Crippen LogP contribution in [0.3, 0.4) is 0 Å². The van der Waals surface area contributed by atoms with Gasteiger partial charge in [0.15, 0.2) is 30.7 Å². The van der Waals surface area contributed by atoms with Crippen molar-refractivity contribution in [1.29, 1.82) is 0 Å². The first kappa shape index (κ1) is 73.0. The van der Waals surface area contributed by atoms with Crippen LogP contribution >= 0.6 is 0 Å². The average molecular weight is 1210 g/mol. The normalized spacial score (nSPS) is 17.2. The number of ether oxygens (including phenoxy) is 3. The lowest BCUT2D eigenvalue weighted by molar-refractivity contribution is -0.124. The van der Waals surface area contributed by atoms with Crippen molar-refractivity contribution in [3.05, 3.63) is 199 Å². The Labute approximate surface area is 521 Å². The summed E-state index contributed by atoms with van der Waals surface area (Å²) in [7, 11) is -5.18. The van der Waals surface area contributed by atoms with Gasteiger partial charge < -0.3 is 27.5 Å². The predicted octanol–water partition coefficient (Wildman–Crippen LogP) is 20.3. The number of carbonyl (C=O) groups excluding carboxylic acids is 1. The van der Waals surface area contributed by atoms with Crippen molar-refractivity contribution in [1.82, 2.24) is 0 Å². The molecule has 10 atom stereocenters. The molecule has 4 rings (SSSR count). The zero-order valence-electron chi connectivity index (χ0n) is 56.8. The molecule has 4 aromatic rings. The SMILES string of the molecule is C=C/C=C\[C@H](C)[C@H](OCc1ccc(OC)cc1)[C@@H](C)C(=O)/C=C/[C@@H](C)C[C@H](C)[C@@H](O[Si](C)(C)C(C)(C)C)[C@@H](C)/C=C\[C@H](C[C@H](O[Si](C)(C)C(C)(C)C)[C@H](C)/C=C/COC(c1ccccc1)(c1ccccc1)c1ccccc1)O[Si](C)(C)C(C)(C)C. The van der Waals surface area contributed by atoms with Crippen molar-refractivity contribution < 1.29 is 32.3 Å². The van der Waals surface area contributed by atoms with Crippen molar-refractivity contribution >= 4 is 30.7 Å². The maximum Gasteiger partial charge on any atom is 0.192 e. The minimum Gasteiger partial charge on any atom is -0.497 e. The Morgan fingerprint density at radius 1 is 0.541 bits per heavy atom. The summed E-state index contributed by atoms with van der Waals surface area (Å²) >= 11 is 0. The fourth-order valence-electron chi connectivity index (χ4n) is 10.3. The molecule has 0 aliphatic carbocycles. The quantitative estimate of drug-likeness (QED) is 0.0155. The number of methoxy groups -OCH3 is 1. The second kappa shape index (κ2) is 32.1. The largest absolute Gasteiger partial charge is 0.497 e. The van der Waals surface area contributed by atoms with Gasteiger partial charge in [-0.05, 0) is 125 Å². The lowest BCUT2D eigenvalue weighted by Crippen LogP contribution is -2.48. The van der Waals surface area contributed by atoms with Crippen molar-refractivity contribution in [2.75, 3.05) is 13.7 Å². The molecule has 10 heteroatoms. The van der Waals surface area contributed by atoms with Gasteiger partial charge in [0.25, 0.3) is 0 Å². The molecule has 0 fully saturated rings. The lowest BCUT2D eigenvalue weighted by atomic mass is 9.80. The molecule has 0 aliphatic heterocycles. The Morgan fingerprint density at radius 2 is 1.01 bits per heavy atom. The Balaban J connectivity index is 1.69. The molecule has 0 aromatic heterocycles. The van der Waals surface area contributed by atoms with Gasteiger partial charge >= 0.3 is 0 Å². The summed E-state index contributed by atoms with van der Waals surface area (Å²) in [4.78, 5) is 14.1. The summed E-state index contributed by atoms with van der Waals surface area (Å²) in [5.41, 5.74) is 3.44. The van der Waals surface area contributed by atoms with Crippen LogP contribution in [0, 0.1) is 35.5 Å². The first-order chi connectivity index (χ1) is 39.6. The van der Waals surface area contributed by atoms with Crippen LogP contribution in [-0.2, 0) is 39.8 Å². The van der Waals surface area contributed by atoms with E-state index in [0.29, 0.717) is 19.6 Å². The van der Waals surface area contributed by atoms with Crippen LogP contribution < -0.4 is 4.74 Å². The number of allylic oxidation sites excluding steroid dienone is 4. The number of benzene rings is 4. The molecule has 0 radical (unpaired) electrons. The maximum absolute atomic E-state index is 14.1. The maximum atomic E-state index is 14.1. The van der Waals surface area contributed by atoms with Crippen molar-refractivity contribution in [2.45, 2.75) is 208 Å². The minimum atomic E-state index is -2.30. The van der Waals surface area contributed by atoms with Gasteiger partial charge in [0.1, 0.15) is 11.4 Å². The lowest BCUT2D eigenvalue weighted by Gasteiger charge is -2.43. The van der Waals surface area contributed by atoms with Gasteiger partial charge in [-0.2, -0.15) is 0 Å². The van der Waals surface area contributed by atoms with E-state index in [2.05, 4.69) is 270 Å². The predicted molar refractivity (Wildman–Crippen MR) is 369 cm³/mol. The third-order valence-corrected chi connectivity index (χ3v) is 32.3. The van der Waals surface area contributed by atoms with Crippen LogP contribution in [0.5, 0.6) is 5.75 Å². The van der Waals surface area contributed by atoms with Gasteiger partial charge in [0.2, 0.25) is 0 Å². The summed E-state index contributed by atoms with van der Waals surface area (Å²) in [5.74, 6) is 0.886. The first-order valence-corrected chi connectivity index (χ1v) is 40.3. The van der Waals surface area contributed by atoms with E-state index in [4.69, 9.17) is 27.5 Å². The Hall–Kier alpha value is -4.50. The average Bonchev–Trinajstić information content (AvgIpc) is 2.62. The fourth-order valence-corrected chi connectivity index (χ4v) is 14.5. The van der Waals surface area contributed by atoms with E-state index in [-0.39, 0.29) is 80.8 Å². The van der Waals surface area contributed by atoms with E-state index in [1.807, 2.05) is 37.3 Å². The zero-order valence-corrected chi connectivity index (χ0v) is 59.8. The molecular formula is C75H114O7Si3. The van der Waals surface area contributed by atoms with Gasteiger partial charge in [-0.1, -0.05) is 262 Å². The van der Waals surface area contributed by atoms with E-state index in [0.717, 1.165) is 34.4 Å². The summed E-state index contributed by atoms with van der Waals surface area (Å²) < 4.78 is 41.8. The topological polar surface area (TPSA) is 72.5 Å². The fraction of sp³-hybridized carbons (Fsp3) is 0.533. The molecule has 7 nitrogen and oxygen atoms in total. The molecule has 0 heterocycles. The minimum absolute atomic E-state index is 0.00242. The molecular weight excluding hydrogens is 1100 g/mol. The summed E-state index contributed by atoms with van der Waals surface area (Å²) in [5, 5.41) is -0.00340. The third kappa shape index (κ3) is 21.1. The Bertz CT molecular complexity index is 2630. The molecule has 0 aliphatic rings. The van der Waals surface area contributed by atoms with E-state index < -0.39 is 30.6 Å². The molecule has 0 amide bonds. The molecule has 0 saturated carbocycles. The van der Waals surface area contributed by atoms with E-state index >= 15 is 0 Å². The van der Waals surface area contributed by atoms with Crippen LogP contribution in [0.4, 0.5) is 0 Å². The summed E-state index contributed by atoms with van der Waals surface area (Å²) in [6.07, 6.45) is 19.7. The van der Waals surface area contributed by atoms with E-state index in [1.165, 1.54) is 0 Å². The van der Waals surface area contributed by atoms with Crippen molar-refractivity contribution in [2.24, 2.45) is 35.5 Å². The molecule has 468 valence electrons. The van der Waals surface area contributed by atoms with Crippen LogP contribution in [-0.4, -0.2) is 68.9 Å². The van der Waals surface area contributed by atoms with Crippen molar-refractivity contribution in [3.8, 4) is 5.75 Å². The molecule has 0 unspecified atom stereocenters. The number of ketones is 1. The number of rotatable bonds is 33. The van der Waals surface area contributed by atoms with E-state index in [1.54, 1.807) is 19.3 Å². The smallest absolute Gasteiger partial charge is 0.192 e. The standard InChI is InChI=1S/C75H114O7Si3/c1-24-25-36-58(4)71(78-55-62-46-49-66(77-17)50-47-62)61(7)68(76)51-44-56(2)53-60(6)70(82-85(22,23)74(14,15)16)59(5)45-48-67(80-83(18,19)72(8,9)10)54-69(81-84(20,21)73(11,12)13)57(3)37-35-52-79-75(63-38-29-26-30-39-63,64-40-31-27-32-41-64)65-42-33-28-34-43-65/h24-51,56-61,67,69-71H,1,52-55H2,2-23H3/b36-25-,37-35+,48-45-,51-44+/t56-,57-,58+,59+,60+,61+,67-,69+,70+,71+/m1/s1. The van der Waals surface area contributed by atoms with Crippen LogP contribution in [0.25, 0.3) is 0 Å². The highest BCUT2D eigenvalue weighted by Gasteiger charge is 2.45. The molecule has 0 saturated heterocycles. The Kier molecular flexibility index (Phi) is 27.6. The van der Waals surface area contributed by atoms with Gasteiger partial charge in [0, 0.05) is 18.3 Å². The zero-order chi connectivity index (χ0) is 63.6. The highest BCUT2D eigenvalue weighted by Crippen LogP contribution is 2.44. The van der Waals surface area contributed by atoms with Crippen LogP contribution in [0.1, 0.15) is 139 Å². The molecule has 4 aromatic carbocycles. The van der Waals surface area contributed by atoms with Gasteiger partial charge in [0.05, 0.1) is 44.7 Å². The number of hydrogen-bond acceptors (Lipinski definition) is 7. The monoisotopic (exact) mass is 1210 g/mol. The third-order valence-electron chi connectivity index (χ3n) is 18.8. The summed E-state index contributed by atoms with van der Waals surface area (Å²) in [6, 6.07) is 39.6. The molecule has 85 heavy (non-hydrogen) atoms. The number of carbonyl (C=O) groups is 1. The second-order valence-electron chi connectivity index (χ2n) is 28.9. The molecule has 0 spiro atoms. The van der Waals surface area contributed by atoms with Crippen LogP contribution in [0.2, 0.25) is 54.4 Å². The number of hydrogen-bond donors (Lipinski definition) is 0. The highest BCUT2D eigenvalue weighted by molar-refractivity contribution is 6.75. The van der Waals surface area contributed by atoms with Gasteiger partial charge in [-0.25, -0.2) is 0 Å². The van der Waals surface area contributed by atoms with Gasteiger partial charge in [-0.3, -0.25) is 4.79 Å². The van der Waals surface area contributed by atoms with E-state index in [9.17, 15) is 4.79 Å². The highest BCUT2D eigenvalue weighted by atomic mass is 28.4. The molecule has 0 bridgehead atoms. The Morgan fingerprint density at radius 3 is 1.48 bits per heavy atom. The van der Waals surface area contributed by atoms with Crippen LogP contribution in [0.15, 0.2) is 177 Å². The second-order valence-corrected chi connectivity index (χ2v) is 43.1. The van der Waals surface area contributed by atoms with Crippen molar-refractivity contribution in [3.63, 3.8) is 0 Å². The summed E-state index contributed by atoms with van der Waals surface area (Å²) in [6.45, 7) is 53.0. The van der Waals surface area contributed by atoms with Gasteiger partial charge in [-0.15, -0.1) is 0 Å². The molecule has 0 N–H and O–H groups in total.